The van der Waals surface area contributed by atoms with Crippen molar-refractivity contribution in [1.29, 1.82) is 0 Å². The summed E-state index contributed by atoms with van der Waals surface area (Å²) in [5.74, 6) is 2.63. The summed E-state index contributed by atoms with van der Waals surface area (Å²) >= 11 is 0. The van der Waals surface area contributed by atoms with Gasteiger partial charge in [0.25, 0.3) is 0 Å². The molecule has 0 radical (unpaired) electrons. The average Bonchev–Trinajstić information content (AvgIpc) is 3.67. The highest BCUT2D eigenvalue weighted by atomic mass is 16.3. The molecule has 3 saturated carbocycles. The summed E-state index contributed by atoms with van der Waals surface area (Å²) in [6.07, 6.45) is 17.1. The van der Waals surface area contributed by atoms with Crippen molar-refractivity contribution >= 4 is 32.3 Å². The van der Waals surface area contributed by atoms with Crippen molar-refractivity contribution in [1.82, 2.24) is 13.9 Å². The summed E-state index contributed by atoms with van der Waals surface area (Å²) in [5.41, 5.74) is -0.516. The first-order valence-corrected chi connectivity index (χ1v) is 21.5. The summed E-state index contributed by atoms with van der Waals surface area (Å²) < 4.78 is 5.49. The maximum absolute atomic E-state index is 15.2. The quantitative estimate of drug-likeness (QED) is 0.127. The molecule has 55 heavy (non-hydrogen) atoms. The number of fused-ring (bicyclic) bond motifs is 1. The number of hydrogen-bond donors (Lipinski definition) is 1. The van der Waals surface area contributed by atoms with Crippen LogP contribution in [0.2, 0.25) is 0 Å². The minimum atomic E-state index is -0.709. The van der Waals surface area contributed by atoms with Crippen LogP contribution in [0, 0.1) is 46.3 Å². The van der Waals surface area contributed by atoms with Crippen molar-refractivity contribution in [3.8, 4) is 0 Å². The second kappa shape index (κ2) is 12.1. The number of nitrogens with zero attached hydrogens (tertiary/aromatic N) is 3. The lowest BCUT2D eigenvalue weighted by atomic mass is 9.40. The molecule has 1 aromatic heterocycles. The van der Waals surface area contributed by atoms with Crippen LogP contribution in [0.15, 0.2) is 88.5 Å². The summed E-state index contributed by atoms with van der Waals surface area (Å²) in [6.45, 7) is 14.6. The van der Waals surface area contributed by atoms with Crippen LogP contribution in [-0.2, 0) is 24.0 Å². The maximum atomic E-state index is 15.2. The Balaban J connectivity index is 1.04. The molecule has 2 aliphatic heterocycles. The Hall–Kier alpha value is -3.90. The predicted octanol–water partition coefficient (Wildman–Crippen LogP) is 9.79. The van der Waals surface area contributed by atoms with E-state index in [1.54, 1.807) is 4.57 Å². The molecule has 5 aromatic rings. The largest absolute Gasteiger partial charge is 0.393 e. The molecule has 11 rings (SSSR count). The third kappa shape index (κ3) is 4.52. The van der Waals surface area contributed by atoms with E-state index < -0.39 is 17.2 Å². The maximum Gasteiger partial charge on any atom is 0.348 e. The predicted molar refractivity (Wildman–Crippen MR) is 224 cm³/mol. The van der Waals surface area contributed by atoms with Gasteiger partial charge < -0.3 is 5.11 Å². The van der Waals surface area contributed by atoms with E-state index in [2.05, 4.69) is 120 Å². The van der Waals surface area contributed by atoms with Crippen LogP contribution < -0.4 is 11.4 Å². The van der Waals surface area contributed by atoms with Gasteiger partial charge in [0, 0.05) is 18.4 Å². The van der Waals surface area contributed by atoms with Gasteiger partial charge in [0.2, 0.25) is 0 Å². The Labute approximate surface area is 325 Å². The number of hydrogen-bond acceptors (Lipinski definition) is 3. The molecule has 3 fully saturated rings. The first-order chi connectivity index (χ1) is 26.4. The van der Waals surface area contributed by atoms with Crippen molar-refractivity contribution in [3.63, 3.8) is 0 Å². The van der Waals surface area contributed by atoms with Crippen LogP contribution in [0.5, 0.6) is 0 Å². The van der Waals surface area contributed by atoms with Crippen molar-refractivity contribution < 1.29 is 5.11 Å². The number of aliphatic hydroxyl groups excluding tert-OH is 1. The van der Waals surface area contributed by atoms with Crippen molar-refractivity contribution in [2.75, 3.05) is 0 Å². The summed E-state index contributed by atoms with van der Waals surface area (Å²) in [6, 6.07) is 19.9. The van der Waals surface area contributed by atoms with Gasteiger partial charge in [0.15, 0.2) is 0 Å². The summed E-state index contributed by atoms with van der Waals surface area (Å²) in [7, 11) is 0. The van der Waals surface area contributed by atoms with E-state index >= 15 is 9.59 Å². The minimum absolute atomic E-state index is 0.0466. The molecular weight excluding hydrogens is 679 g/mol. The van der Waals surface area contributed by atoms with Gasteiger partial charge in [-0.1, -0.05) is 120 Å². The molecule has 10 atom stereocenters. The van der Waals surface area contributed by atoms with E-state index in [0.717, 1.165) is 44.9 Å². The number of aryl methyl sites for hydroxylation is 1. The molecule has 4 aromatic carbocycles. The summed E-state index contributed by atoms with van der Waals surface area (Å²) in [4.78, 5) is 30.2. The normalized spacial score (nSPS) is 34.8. The number of aliphatic hydroxyl groups is 1. The SMILES string of the molecule is CC(C)[C@@H](C)C=C[C@@H](C)C1CCC2C34C=CC5(C[C@@H](O)CC[C@]5(C)C3CC[C@]12C)n1c(=O)n(CCCc2ccc3ccc5cccc6ccc2c3c56)c(=O)n14. The average molecular weight is 738 g/mol. The summed E-state index contributed by atoms with van der Waals surface area (Å²) in [5, 5.41) is 18.9. The third-order valence-electron chi connectivity index (χ3n) is 17.0. The number of aromatic nitrogens is 3. The first kappa shape index (κ1) is 35.5. The van der Waals surface area contributed by atoms with Gasteiger partial charge in [-0.15, -0.1) is 0 Å². The van der Waals surface area contributed by atoms with Crippen LogP contribution in [0.3, 0.4) is 0 Å². The van der Waals surface area contributed by atoms with Crippen LogP contribution in [0.1, 0.15) is 98.5 Å². The van der Waals surface area contributed by atoms with E-state index in [4.69, 9.17) is 0 Å². The highest BCUT2D eigenvalue weighted by molar-refractivity contribution is 6.23. The zero-order chi connectivity index (χ0) is 38.2. The lowest BCUT2D eigenvalue weighted by molar-refractivity contribution is -0.199. The third-order valence-corrected chi connectivity index (χ3v) is 17.0. The topological polar surface area (TPSA) is 69.2 Å². The molecule has 2 spiro atoms. The molecule has 0 amide bonds. The molecule has 6 heteroatoms. The monoisotopic (exact) mass is 737 g/mol. The second-order valence-corrected chi connectivity index (χ2v) is 19.7. The van der Waals surface area contributed by atoms with Crippen molar-refractivity contribution in [2.45, 2.75) is 123 Å². The molecule has 3 heterocycles. The van der Waals surface area contributed by atoms with Gasteiger partial charge in [-0.05, 0) is 130 Å². The zero-order valence-corrected chi connectivity index (χ0v) is 33.7. The van der Waals surface area contributed by atoms with E-state index in [0.29, 0.717) is 43.1 Å². The van der Waals surface area contributed by atoms with Crippen LogP contribution in [-0.4, -0.2) is 25.1 Å². The van der Waals surface area contributed by atoms with Crippen LogP contribution in [0.25, 0.3) is 32.3 Å². The Morgan fingerprint density at radius 3 is 2.25 bits per heavy atom. The molecule has 4 aliphatic carbocycles. The smallest absolute Gasteiger partial charge is 0.348 e. The second-order valence-electron chi connectivity index (χ2n) is 19.7. The van der Waals surface area contributed by atoms with Crippen LogP contribution in [0.4, 0.5) is 0 Å². The fourth-order valence-corrected chi connectivity index (χ4v) is 13.9. The Bertz CT molecular complexity index is 2500. The van der Waals surface area contributed by atoms with Gasteiger partial charge in [0.05, 0.1) is 17.2 Å². The molecule has 2 bridgehead atoms. The Morgan fingerprint density at radius 2 is 1.49 bits per heavy atom. The van der Waals surface area contributed by atoms with Crippen LogP contribution >= 0.6 is 0 Å². The van der Waals surface area contributed by atoms with Gasteiger partial charge >= 0.3 is 11.4 Å². The molecule has 288 valence electrons. The molecule has 0 saturated heterocycles. The molecule has 1 N–H and O–H groups in total. The van der Waals surface area contributed by atoms with E-state index in [-0.39, 0.29) is 34.0 Å². The van der Waals surface area contributed by atoms with E-state index in [1.807, 2.05) is 9.36 Å². The highest BCUT2D eigenvalue weighted by Crippen LogP contribution is 2.74. The molecule has 6 nitrogen and oxygen atoms in total. The van der Waals surface area contributed by atoms with Gasteiger partial charge in [-0.25, -0.2) is 23.5 Å². The first-order valence-electron chi connectivity index (χ1n) is 21.5. The van der Waals surface area contributed by atoms with Gasteiger partial charge in [-0.3, -0.25) is 0 Å². The highest BCUT2D eigenvalue weighted by Gasteiger charge is 2.75. The van der Waals surface area contributed by atoms with Crippen molar-refractivity contribution in [2.24, 2.45) is 46.3 Å². The minimum Gasteiger partial charge on any atom is -0.393 e. The fourth-order valence-electron chi connectivity index (χ4n) is 13.9. The fraction of sp³-hybridized carbons (Fsp3) is 0.551. The lowest BCUT2D eigenvalue weighted by Crippen LogP contribution is -2.76. The van der Waals surface area contributed by atoms with E-state index in [1.165, 1.54) is 37.9 Å². The standard InChI is InChI=1S/C49H59N3O3/c1-30(2)31(3)12-13-32(4)39-20-21-40-46(39,5)24-23-41-47(6)25-22-37(53)29-48(47)26-27-49(40,41)52-45(55)50(44(54)51(48)52)28-8-11-33-14-15-36-17-16-34-9-7-10-35-18-19-38(33)43(36)42(34)35/h7,9-10,12-19,26-27,30-32,37,39-41,53H,8,11,20-25,28-29H2,1-6H3/t31-,32+,37-,39?,40?,41?,46+,47+,48?,49?/m0/s1. The van der Waals surface area contributed by atoms with Gasteiger partial charge in [-0.2, -0.15) is 0 Å². The Morgan fingerprint density at radius 1 is 0.782 bits per heavy atom. The number of rotatable bonds is 8. The Kier molecular flexibility index (Phi) is 7.78. The number of allylic oxidation sites excluding steroid dienone is 4. The van der Waals surface area contributed by atoms with Gasteiger partial charge in [0.1, 0.15) is 0 Å². The van der Waals surface area contributed by atoms with E-state index in [9.17, 15) is 5.11 Å². The lowest BCUT2D eigenvalue weighted by Gasteiger charge is -2.71. The molecule has 5 unspecified atom stereocenters. The molecular formula is C49H59N3O3. The zero-order valence-electron chi connectivity index (χ0n) is 33.7. The van der Waals surface area contributed by atoms with Crippen molar-refractivity contribution in [3.05, 3.63) is 105 Å². The molecule has 6 aliphatic rings. The number of benzene rings is 4.